The van der Waals surface area contributed by atoms with Crippen molar-refractivity contribution < 1.29 is 9.53 Å². The van der Waals surface area contributed by atoms with Crippen LogP contribution in [-0.2, 0) is 16.0 Å². The molecule has 70 valence electrons. The lowest BCUT2D eigenvalue weighted by Crippen LogP contribution is -1.90. The molecule has 13 heavy (non-hydrogen) atoms. The molecular weight excluding hydrogens is 184 g/mol. The van der Waals surface area contributed by atoms with Gasteiger partial charge in [0, 0.05) is 18.4 Å². The fourth-order valence-corrected chi connectivity index (χ4v) is 1.78. The van der Waals surface area contributed by atoms with Gasteiger partial charge in [0.15, 0.2) is 0 Å². The van der Waals surface area contributed by atoms with Gasteiger partial charge in [0.2, 0.25) is 0 Å². The van der Waals surface area contributed by atoms with Gasteiger partial charge in [-0.2, -0.15) is 0 Å². The molecule has 0 atom stereocenters. The highest BCUT2D eigenvalue weighted by atomic mass is 32.2. The van der Waals surface area contributed by atoms with Gasteiger partial charge in [-0.3, -0.25) is 0 Å². The number of aldehydes is 1. The van der Waals surface area contributed by atoms with E-state index in [1.807, 2.05) is 24.3 Å². The standard InChI is InChI=1S/C10H12O2S/c1-12-8-13-10-5-3-2-4-9(10)6-7-11/h2-5,7H,6,8H2,1H3. The van der Waals surface area contributed by atoms with E-state index in [1.54, 1.807) is 18.9 Å². The Labute approximate surface area is 82.3 Å². The van der Waals surface area contributed by atoms with Gasteiger partial charge in [0.1, 0.15) is 6.29 Å². The molecule has 1 aromatic carbocycles. The van der Waals surface area contributed by atoms with Crippen molar-refractivity contribution in [2.24, 2.45) is 0 Å². The minimum Gasteiger partial charge on any atom is -0.374 e. The van der Waals surface area contributed by atoms with Crippen LogP contribution in [0, 0.1) is 0 Å². The molecule has 0 heterocycles. The minimum absolute atomic E-state index is 0.479. The molecule has 0 unspecified atom stereocenters. The molecule has 2 nitrogen and oxygen atoms in total. The fraction of sp³-hybridized carbons (Fsp3) is 0.300. The largest absolute Gasteiger partial charge is 0.374 e. The van der Waals surface area contributed by atoms with Crippen molar-refractivity contribution in [3.8, 4) is 0 Å². The predicted octanol–water partition coefficient (Wildman–Crippen LogP) is 2.12. The first kappa shape index (κ1) is 10.3. The number of rotatable bonds is 5. The highest BCUT2D eigenvalue weighted by Gasteiger charge is 2.00. The maximum absolute atomic E-state index is 10.4. The summed E-state index contributed by atoms with van der Waals surface area (Å²) in [5.74, 6) is 0.621. The van der Waals surface area contributed by atoms with Crippen LogP contribution in [0.25, 0.3) is 0 Å². The van der Waals surface area contributed by atoms with Gasteiger partial charge in [-0.05, 0) is 11.6 Å². The molecule has 0 aliphatic carbocycles. The molecule has 0 aliphatic heterocycles. The summed E-state index contributed by atoms with van der Waals surface area (Å²) in [5.41, 5.74) is 1.07. The summed E-state index contributed by atoms with van der Waals surface area (Å²) >= 11 is 1.61. The Hall–Kier alpha value is -0.800. The van der Waals surface area contributed by atoms with Crippen LogP contribution >= 0.6 is 11.8 Å². The number of carbonyl (C=O) groups is 1. The average Bonchev–Trinajstić information content (AvgIpc) is 2.17. The summed E-state index contributed by atoms with van der Waals surface area (Å²) in [6.45, 7) is 0. The summed E-state index contributed by atoms with van der Waals surface area (Å²) in [5, 5.41) is 0. The molecule has 0 saturated heterocycles. The van der Waals surface area contributed by atoms with Gasteiger partial charge in [0.05, 0.1) is 5.94 Å². The summed E-state index contributed by atoms with van der Waals surface area (Å²) < 4.78 is 4.95. The van der Waals surface area contributed by atoms with Gasteiger partial charge < -0.3 is 9.53 Å². The molecule has 0 fully saturated rings. The number of methoxy groups -OCH3 is 1. The van der Waals surface area contributed by atoms with Crippen molar-refractivity contribution >= 4 is 18.0 Å². The van der Waals surface area contributed by atoms with Crippen molar-refractivity contribution in [2.75, 3.05) is 13.0 Å². The molecule has 0 radical (unpaired) electrons. The molecule has 0 aliphatic rings. The predicted molar refractivity (Wildman–Crippen MR) is 53.9 cm³/mol. The Morgan fingerprint density at radius 3 is 2.92 bits per heavy atom. The molecule has 0 spiro atoms. The van der Waals surface area contributed by atoms with Crippen molar-refractivity contribution in [3.63, 3.8) is 0 Å². The van der Waals surface area contributed by atoms with Crippen LogP contribution < -0.4 is 0 Å². The van der Waals surface area contributed by atoms with E-state index in [0.29, 0.717) is 12.4 Å². The first-order valence-corrected chi connectivity index (χ1v) is 5.00. The van der Waals surface area contributed by atoms with Crippen molar-refractivity contribution in [1.82, 2.24) is 0 Å². The first-order valence-electron chi connectivity index (χ1n) is 4.01. The van der Waals surface area contributed by atoms with Gasteiger partial charge in [-0.15, -0.1) is 0 Å². The zero-order valence-electron chi connectivity index (χ0n) is 7.53. The molecule has 3 heteroatoms. The van der Waals surface area contributed by atoms with Crippen LogP contribution in [0.2, 0.25) is 0 Å². The number of thioether (sulfide) groups is 1. The quantitative estimate of drug-likeness (QED) is 0.410. The second kappa shape index (κ2) is 5.78. The van der Waals surface area contributed by atoms with E-state index in [2.05, 4.69) is 0 Å². The van der Waals surface area contributed by atoms with Crippen LogP contribution in [0.5, 0.6) is 0 Å². The Morgan fingerprint density at radius 2 is 2.23 bits per heavy atom. The first-order chi connectivity index (χ1) is 6.38. The van der Waals surface area contributed by atoms with Gasteiger partial charge in [0.25, 0.3) is 0 Å². The highest BCUT2D eigenvalue weighted by molar-refractivity contribution is 7.99. The van der Waals surface area contributed by atoms with Crippen LogP contribution in [0.1, 0.15) is 5.56 Å². The van der Waals surface area contributed by atoms with Crippen LogP contribution in [0.3, 0.4) is 0 Å². The lowest BCUT2D eigenvalue weighted by Gasteiger charge is -2.04. The summed E-state index contributed by atoms with van der Waals surface area (Å²) in [7, 11) is 1.66. The Balaban J connectivity index is 2.71. The van der Waals surface area contributed by atoms with Gasteiger partial charge in [-0.1, -0.05) is 30.0 Å². The summed E-state index contributed by atoms with van der Waals surface area (Å²) in [4.78, 5) is 11.5. The monoisotopic (exact) mass is 196 g/mol. The number of hydrogen-bond acceptors (Lipinski definition) is 3. The molecule has 0 bridgehead atoms. The van der Waals surface area contributed by atoms with Crippen LogP contribution in [0.15, 0.2) is 29.2 Å². The second-order valence-corrected chi connectivity index (χ2v) is 3.49. The highest BCUT2D eigenvalue weighted by Crippen LogP contribution is 2.22. The average molecular weight is 196 g/mol. The Morgan fingerprint density at radius 1 is 1.46 bits per heavy atom. The normalized spacial score (nSPS) is 9.92. The number of carbonyl (C=O) groups excluding carboxylic acids is 1. The van der Waals surface area contributed by atoms with Crippen LogP contribution in [0.4, 0.5) is 0 Å². The molecular formula is C10H12O2S. The third kappa shape index (κ3) is 3.20. The van der Waals surface area contributed by atoms with E-state index in [4.69, 9.17) is 4.74 Å². The summed E-state index contributed by atoms with van der Waals surface area (Å²) in [6.07, 6.45) is 1.40. The van der Waals surface area contributed by atoms with E-state index >= 15 is 0 Å². The van der Waals surface area contributed by atoms with Crippen molar-refractivity contribution in [1.29, 1.82) is 0 Å². The van der Waals surface area contributed by atoms with Crippen LogP contribution in [-0.4, -0.2) is 19.3 Å². The van der Waals surface area contributed by atoms with Crippen molar-refractivity contribution in [3.05, 3.63) is 29.8 Å². The van der Waals surface area contributed by atoms with Gasteiger partial charge in [-0.25, -0.2) is 0 Å². The Bertz CT molecular complexity index is 273. The molecule has 1 rings (SSSR count). The molecule has 1 aromatic rings. The van der Waals surface area contributed by atoms with E-state index in [9.17, 15) is 4.79 Å². The third-order valence-electron chi connectivity index (χ3n) is 1.61. The second-order valence-electron chi connectivity index (χ2n) is 2.53. The van der Waals surface area contributed by atoms with Gasteiger partial charge >= 0.3 is 0 Å². The molecule has 0 amide bonds. The minimum atomic E-state index is 0.479. The number of hydrogen-bond donors (Lipinski definition) is 0. The molecule has 0 N–H and O–H groups in total. The number of benzene rings is 1. The van der Waals surface area contributed by atoms with E-state index in [-0.39, 0.29) is 0 Å². The smallest absolute Gasteiger partial charge is 0.124 e. The third-order valence-corrected chi connectivity index (χ3v) is 2.67. The lowest BCUT2D eigenvalue weighted by atomic mass is 10.2. The lowest BCUT2D eigenvalue weighted by molar-refractivity contribution is -0.107. The molecule has 0 aromatic heterocycles. The fourth-order valence-electron chi connectivity index (χ4n) is 1.03. The zero-order valence-corrected chi connectivity index (χ0v) is 8.34. The maximum atomic E-state index is 10.4. The molecule has 0 saturated carbocycles. The Kier molecular flexibility index (Phi) is 4.57. The van der Waals surface area contributed by atoms with Crippen molar-refractivity contribution in [2.45, 2.75) is 11.3 Å². The van der Waals surface area contributed by atoms with E-state index in [1.165, 1.54) is 0 Å². The number of ether oxygens (including phenoxy) is 1. The maximum Gasteiger partial charge on any atom is 0.124 e. The van der Waals surface area contributed by atoms with E-state index in [0.717, 1.165) is 16.7 Å². The SMILES string of the molecule is COCSc1ccccc1CC=O. The topological polar surface area (TPSA) is 26.3 Å². The summed E-state index contributed by atoms with van der Waals surface area (Å²) in [6, 6.07) is 7.87. The zero-order chi connectivity index (χ0) is 9.52. The van der Waals surface area contributed by atoms with E-state index < -0.39 is 0 Å².